The quantitative estimate of drug-likeness (QED) is 0.233. The molecule has 0 bridgehead atoms. The van der Waals surface area contributed by atoms with Crippen molar-refractivity contribution < 1.29 is 14.3 Å². The average molecular weight is 408 g/mol. The van der Waals surface area contributed by atoms with E-state index in [1.807, 2.05) is 45.9 Å². The zero-order valence-corrected chi connectivity index (χ0v) is 18.9. The van der Waals surface area contributed by atoms with Crippen LogP contribution in [0.1, 0.15) is 63.0 Å². The van der Waals surface area contributed by atoms with Crippen molar-refractivity contribution in [1.29, 1.82) is 0 Å². The van der Waals surface area contributed by atoms with Crippen molar-refractivity contribution in [3.05, 3.63) is 71.8 Å². The molecule has 0 unspecified atom stereocenters. The second kappa shape index (κ2) is 9.66. The molecule has 2 aromatic carbocycles. The fraction of sp³-hybridized carbons (Fsp3) is 0.346. The molecule has 4 heteroatoms. The van der Waals surface area contributed by atoms with E-state index in [1.54, 1.807) is 36.4 Å². The summed E-state index contributed by atoms with van der Waals surface area (Å²) >= 11 is 0. The summed E-state index contributed by atoms with van der Waals surface area (Å²) in [6.07, 6.45) is 5.16. The highest BCUT2D eigenvalue weighted by molar-refractivity contribution is 6.07. The molecule has 30 heavy (non-hydrogen) atoms. The van der Waals surface area contributed by atoms with Gasteiger partial charge in [-0.3, -0.25) is 4.79 Å². The summed E-state index contributed by atoms with van der Waals surface area (Å²) in [4.78, 5) is 12.7. The third kappa shape index (κ3) is 5.76. The van der Waals surface area contributed by atoms with Crippen LogP contribution in [0.2, 0.25) is 0 Å². The lowest BCUT2D eigenvalue weighted by atomic mass is 9.83. The second-order valence-electron chi connectivity index (χ2n) is 8.43. The number of carbonyl (C=O) groups excluding carboxylic acids is 1. The molecule has 0 radical (unpaired) electrons. The van der Waals surface area contributed by atoms with Crippen LogP contribution in [0.25, 0.3) is 6.08 Å². The van der Waals surface area contributed by atoms with Crippen LogP contribution >= 0.6 is 0 Å². The predicted molar refractivity (Wildman–Crippen MR) is 125 cm³/mol. The minimum Gasteiger partial charge on any atom is -0.490 e. The van der Waals surface area contributed by atoms with Crippen LogP contribution in [0.3, 0.4) is 0 Å². The van der Waals surface area contributed by atoms with Gasteiger partial charge in [-0.05, 0) is 70.2 Å². The molecule has 0 fully saturated rings. The standard InChI is InChI=1S/C26H33NO3/c1-8-26(6,7)22-14-16-24(29-17(2)3)21(25(22)30-18(4)5)13-15-23(28)19-9-11-20(27)12-10-19/h8-18H,1,27H2,2-7H3. The van der Waals surface area contributed by atoms with E-state index in [4.69, 9.17) is 15.2 Å². The van der Waals surface area contributed by atoms with Crippen LogP contribution in [-0.2, 0) is 5.41 Å². The SMILES string of the molecule is C=CC(C)(C)c1ccc(OC(C)C)c(C=CC(=O)c2ccc(N)cc2)c1OC(C)C. The van der Waals surface area contributed by atoms with Crippen molar-refractivity contribution in [2.24, 2.45) is 0 Å². The van der Waals surface area contributed by atoms with Gasteiger partial charge in [0.2, 0.25) is 0 Å². The molecule has 0 aromatic heterocycles. The molecule has 0 aliphatic rings. The largest absolute Gasteiger partial charge is 0.490 e. The third-order valence-electron chi connectivity index (χ3n) is 4.67. The van der Waals surface area contributed by atoms with Crippen LogP contribution in [0.5, 0.6) is 11.5 Å². The van der Waals surface area contributed by atoms with Gasteiger partial charge in [-0.15, -0.1) is 6.58 Å². The first kappa shape index (κ1) is 23.3. The van der Waals surface area contributed by atoms with E-state index in [9.17, 15) is 4.79 Å². The summed E-state index contributed by atoms with van der Waals surface area (Å²) in [6, 6.07) is 10.8. The smallest absolute Gasteiger partial charge is 0.185 e. The molecule has 2 aromatic rings. The first-order valence-corrected chi connectivity index (χ1v) is 10.3. The zero-order valence-electron chi connectivity index (χ0n) is 18.9. The van der Waals surface area contributed by atoms with Gasteiger partial charge in [-0.2, -0.15) is 0 Å². The highest BCUT2D eigenvalue weighted by Gasteiger charge is 2.26. The lowest BCUT2D eigenvalue weighted by molar-refractivity contribution is 0.104. The molecule has 0 aliphatic heterocycles. The van der Waals surface area contributed by atoms with E-state index in [-0.39, 0.29) is 23.4 Å². The van der Waals surface area contributed by atoms with Gasteiger partial charge in [0.05, 0.1) is 17.8 Å². The number of rotatable bonds is 9. The van der Waals surface area contributed by atoms with E-state index in [1.165, 1.54) is 0 Å². The Morgan fingerprint density at radius 3 is 2.13 bits per heavy atom. The van der Waals surface area contributed by atoms with Gasteiger partial charge in [-0.25, -0.2) is 0 Å². The van der Waals surface area contributed by atoms with Crippen LogP contribution in [0.4, 0.5) is 5.69 Å². The molecule has 0 saturated carbocycles. The van der Waals surface area contributed by atoms with E-state index in [0.29, 0.717) is 22.7 Å². The molecule has 0 spiro atoms. The maximum absolute atomic E-state index is 12.7. The molecule has 0 atom stereocenters. The van der Waals surface area contributed by atoms with Crippen molar-refractivity contribution in [2.45, 2.75) is 59.2 Å². The van der Waals surface area contributed by atoms with Gasteiger partial charge in [-0.1, -0.05) is 26.0 Å². The lowest BCUT2D eigenvalue weighted by Gasteiger charge is -2.28. The Morgan fingerprint density at radius 1 is 1.00 bits per heavy atom. The first-order chi connectivity index (χ1) is 14.0. The van der Waals surface area contributed by atoms with Gasteiger partial charge < -0.3 is 15.2 Å². The number of nitrogens with two attached hydrogens (primary N) is 1. The zero-order chi connectivity index (χ0) is 22.5. The Labute approximate surface area is 180 Å². The maximum atomic E-state index is 12.7. The molecule has 0 heterocycles. The van der Waals surface area contributed by atoms with Gasteiger partial charge in [0.25, 0.3) is 0 Å². The van der Waals surface area contributed by atoms with Gasteiger partial charge >= 0.3 is 0 Å². The second-order valence-corrected chi connectivity index (χ2v) is 8.43. The molecule has 0 saturated heterocycles. The third-order valence-corrected chi connectivity index (χ3v) is 4.67. The van der Waals surface area contributed by atoms with E-state index in [2.05, 4.69) is 20.4 Å². The molecule has 160 valence electrons. The fourth-order valence-corrected chi connectivity index (χ4v) is 2.98. The Hall–Kier alpha value is -3.01. The van der Waals surface area contributed by atoms with Crippen LogP contribution in [0.15, 0.2) is 55.1 Å². The number of anilines is 1. The Kier molecular flexibility index (Phi) is 7.49. The number of benzene rings is 2. The number of ketones is 1. The Morgan fingerprint density at radius 2 is 1.60 bits per heavy atom. The fourth-order valence-electron chi connectivity index (χ4n) is 2.98. The number of hydrogen-bond donors (Lipinski definition) is 1. The molecular formula is C26H33NO3. The van der Waals surface area contributed by atoms with Crippen molar-refractivity contribution in [3.63, 3.8) is 0 Å². The van der Waals surface area contributed by atoms with Crippen LogP contribution in [-0.4, -0.2) is 18.0 Å². The van der Waals surface area contributed by atoms with E-state index >= 15 is 0 Å². The first-order valence-electron chi connectivity index (χ1n) is 10.3. The molecule has 2 N–H and O–H groups in total. The van der Waals surface area contributed by atoms with Gasteiger partial charge in [0, 0.05) is 22.2 Å². The van der Waals surface area contributed by atoms with E-state index < -0.39 is 0 Å². The van der Waals surface area contributed by atoms with Crippen molar-refractivity contribution >= 4 is 17.5 Å². The molecule has 0 aliphatic carbocycles. The summed E-state index contributed by atoms with van der Waals surface area (Å²) in [5.74, 6) is 1.26. The molecule has 4 nitrogen and oxygen atoms in total. The van der Waals surface area contributed by atoms with E-state index in [0.717, 1.165) is 11.1 Å². The van der Waals surface area contributed by atoms with Crippen molar-refractivity contribution in [3.8, 4) is 11.5 Å². The summed E-state index contributed by atoms with van der Waals surface area (Å²) < 4.78 is 12.3. The summed E-state index contributed by atoms with van der Waals surface area (Å²) in [5, 5.41) is 0. The molecule has 2 rings (SSSR count). The number of hydrogen-bond acceptors (Lipinski definition) is 4. The topological polar surface area (TPSA) is 61.5 Å². The van der Waals surface area contributed by atoms with Crippen molar-refractivity contribution in [1.82, 2.24) is 0 Å². The lowest BCUT2D eigenvalue weighted by Crippen LogP contribution is -2.19. The number of allylic oxidation sites excluding steroid dienone is 2. The predicted octanol–water partition coefficient (Wildman–Crippen LogP) is 6.20. The molecule has 0 amide bonds. The van der Waals surface area contributed by atoms with Crippen LogP contribution < -0.4 is 15.2 Å². The minimum absolute atomic E-state index is 0.0184. The normalized spacial score (nSPS) is 11.9. The summed E-state index contributed by atoms with van der Waals surface area (Å²) in [6.45, 7) is 16.0. The number of carbonyl (C=O) groups is 1. The summed E-state index contributed by atoms with van der Waals surface area (Å²) in [5.41, 5.74) is 8.33. The monoisotopic (exact) mass is 407 g/mol. The number of ether oxygens (including phenoxy) is 2. The van der Waals surface area contributed by atoms with Crippen LogP contribution in [0, 0.1) is 0 Å². The Balaban J connectivity index is 2.62. The average Bonchev–Trinajstić information content (AvgIpc) is 2.66. The maximum Gasteiger partial charge on any atom is 0.185 e. The molecular weight excluding hydrogens is 374 g/mol. The van der Waals surface area contributed by atoms with Gasteiger partial charge in [0.15, 0.2) is 5.78 Å². The highest BCUT2D eigenvalue weighted by Crippen LogP contribution is 2.41. The number of nitrogen functional groups attached to an aromatic ring is 1. The summed E-state index contributed by atoms with van der Waals surface area (Å²) in [7, 11) is 0. The van der Waals surface area contributed by atoms with Crippen molar-refractivity contribution in [2.75, 3.05) is 5.73 Å². The highest BCUT2D eigenvalue weighted by atomic mass is 16.5. The minimum atomic E-state index is -0.315. The Bertz CT molecular complexity index is 922. The van der Waals surface area contributed by atoms with Gasteiger partial charge in [0.1, 0.15) is 11.5 Å².